The van der Waals surface area contributed by atoms with Crippen LogP contribution < -0.4 is 0 Å². The molecule has 108 valence electrons. The second-order valence-electron chi connectivity index (χ2n) is 7.18. The van der Waals surface area contributed by atoms with Crippen molar-refractivity contribution in [2.24, 2.45) is 22.7 Å². The Morgan fingerprint density at radius 2 is 1.75 bits per heavy atom. The summed E-state index contributed by atoms with van der Waals surface area (Å²) in [5, 5.41) is 0. The average Bonchev–Trinajstić information content (AvgIpc) is 3.26. The van der Waals surface area contributed by atoms with Crippen molar-refractivity contribution in [1.82, 2.24) is 9.97 Å². The van der Waals surface area contributed by atoms with Gasteiger partial charge in [-0.05, 0) is 29.7 Å². The fraction of sp³-hybridized carbons (Fsp3) is 0.688. The number of hydrogen-bond donors (Lipinski definition) is 0. The molecular weight excluding hydrogens is 252 g/mol. The summed E-state index contributed by atoms with van der Waals surface area (Å²) in [5.74, 6) is 0.912. The van der Waals surface area contributed by atoms with Crippen LogP contribution in [0.25, 0.3) is 0 Å². The van der Waals surface area contributed by atoms with Crippen LogP contribution in [0.5, 0.6) is 0 Å². The predicted octanol–water partition coefficient (Wildman–Crippen LogP) is 3.15. The van der Waals surface area contributed by atoms with Gasteiger partial charge in [-0.15, -0.1) is 0 Å². The minimum atomic E-state index is -0.268. The lowest BCUT2D eigenvalue weighted by Crippen LogP contribution is -2.19. The summed E-state index contributed by atoms with van der Waals surface area (Å²) >= 11 is 0. The third-order valence-corrected chi connectivity index (χ3v) is 5.39. The Morgan fingerprint density at radius 3 is 2.20 bits per heavy atom. The third-order valence-electron chi connectivity index (χ3n) is 5.39. The molecule has 2 aliphatic carbocycles. The minimum Gasteiger partial charge on any atom is -0.454 e. The normalized spacial score (nSPS) is 25.0. The van der Waals surface area contributed by atoms with Gasteiger partial charge in [0.25, 0.3) is 0 Å². The second kappa shape index (κ2) is 4.27. The average molecular weight is 274 g/mol. The summed E-state index contributed by atoms with van der Waals surface area (Å²) in [6.45, 7) is 8.52. The van der Waals surface area contributed by atoms with Crippen LogP contribution in [-0.2, 0) is 9.53 Å². The van der Waals surface area contributed by atoms with Crippen LogP contribution in [0.2, 0.25) is 0 Å². The van der Waals surface area contributed by atoms with E-state index in [1.807, 2.05) is 0 Å². The fourth-order valence-corrected chi connectivity index (χ4v) is 3.20. The van der Waals surface area contributed by atoms with Gasteiger partial charge < -0.3 is 4.74 Å². The van der Waals surface area contributed by atoms with E-state index in [1.165, 1.54) is 0 Å². The molecule has 0 unspecified atom stereocenters. The van der Waals surface area contributed by atoms with Crippen LogP contribution in [0.4, 0.5) is 0 Å². The van der Waals surface area contributed by atoms with E-state index >= 15 is 0 Å². The molecular formula is C16H22N2O2. The molecule has 0 aliphatic heterocycles. The smallest absolute Gasteiger partial charge is 0.310 e. The van der Waals surface area contributed by atoms with Gasteiger partial charge in [-0.25, -0.2) is 9.97 Å². The molecule has 0 bridgehead atoms. The number of rotatable bonds is 4. The van der Waals surface area contributed by atoms with Gasteiger partial charge in [0.1, 0.15) is 0 Å². The molecule has 0 saturated heterocycles. The molecule has 1 atom stereocenters. The first kappa shape index (κ1) is 13.5. The maximum atomic E-state index is 12.5. The summed E-state index contributed by atoms with van der Waals surface area (Å²) < 4.78 is 5.79. The van der Waals surface area contributed by atoms with Crippen LogP contribution in [-0.4, -0.2) is 15.9 Å². The van der Waals surface area contributed by atoms with Crippen molar-refractivity contribution in [3.05, 3.63) is 24.3 Å². The third kappa shape index (κ3) is 2.02. The summed E-state index contributed by atoms with van der Waals surface area (Å²) in [6, 6.07) is 1.78. The molecule has 2 saturated carbocycles. The Labute approximate surface area is 120 Å². The van der Waals surface area contributed by atoms with Crippen LogP contribution in [0.3, 0.4) is 0 Å². The quantitative estimate of drug-likeness (QED) is 0.791. The number of esters is 1. The van der Waals surface area contributed by atoms with Gasteiger partial charge in [-0.1, -0.05) is 27.7 Å². The molecule has 4 nitrogen and oxygen atoms in total. The van der Waals surface area contributed by atoms with Crippen LogP contribution >= 0.6 is 0 Å². The number of hydrogen-bond acceptors (Lipinski definition) is 4. The molecule has 1 heterocycles. The standard InChI is InChI=1S/C16H22N2O2/c1-15(2)12(16(15,3)4)14(19)20-11(10-6-7-10)13-17-8-5-9-18-13/h5,8-12H,6-7H2,1-4H3/t11-/m1/s1. The lowest BCUT2D eigenvalue weighted by molar-refractivity contribution is -0.154. The van der Waals surface area contributed by atoms with Gasteiger partial charge in [-0.3, -0.25) is 4.79 Å². The zero-order valence-electron chi connectivity index (χ0n) is 12.6. The maximum absolute atomic E-state index is 12.5. The summed E-state index contributed by atoms with van der Waals surface area (Å²) in [7, 11) is 0. The molecule has 2 fully saturated rings. The summed E-state index contributed by atoms with van der Waals surface area (Å²) in [4.78, 5) is 21.0. The van der Waals surface area contributed by atoms with E-state index in [0.29, 0.717) is 11.7 Å². The van der Waals surface area contributed by atoms with E-state index in [4.69, 9.17) is 4.74 Å². The zero-order chi connectivity index (χ0) is 14.5. The molecule has 4 heteroatoms. The van der Waals surface area contributed by atoms with E-state index in [-0.39, 0.29) is 28.8 Å². The number of ether oxygens (including phenoxy) is 1. The number of carbonyl (C=O) groups excluding carboxylic acids is 1. The van der Waals surface area contributed by atoms with Crippen molar-refractivity contribution in [3.63, 3.8) is 0 Å². The molecule has 3 rings (SSSR count). The van der Waals surface area contributed by atoms with Crippen molar-refractivity contribution in [2.45, 2.75) is 46.6 Å². The van der Waals surface area contributed by atoms with Crippen molar-refractivity contribution in [2.75, 3.05) is 0 Å². The first-order chi connectivity index (χ1) is 9.35. The SMILES string of the molecule is CC1(C)C(C(=O)O[C@@H](c2ncccn2)C2CC2)C1(C)C. The van der Waals surface area contributed by atoms with Crippen LogP contribution in [0, 0.1) is 22.7 Å². The van der Waals surface area contributed by atoms with Crippen LogP contribution in [0.15, 0.2) is 18.5 Å². The van der Waals surface area contributed by atoms with E-state index < -0.39 is 0 Å². The van der Waals surface area contributed by atoms with Gasteiger partial charge in [0, 0.05) is 18.3 Å². The van der Waals surface area contributed by atoms with E-state index in [1.54, 1.807) is 18.5 Å². The Bertz CT molecular complexity index is 507. The van der Waals surface area contributed by atoms with Crippen LogP contribution in [0.1, 0.15) is 52.5 Å². The minimum absolute atomic E-state index is 0.00965. The molecule has 2 aliphatic rings. The highest BCUT2D eigenvalue weighted by molar-refractivity contribution is 5.79. The molecule has 0 radical (unpaired) electrons. The largest absolute Gasteiger partial charge is 0.454 e. The van der Waals surface area contributed by atoms with E-state index in [9.17, 15) is 4.79 Å². The Morgan fingerprint density at radius 1 is 1.20 bits per heavy atom. The molecule has 0 N–H and O–H groups in total. The molecule has 1 aromatic rings. The highest BCUT2D eigenvalue weighted by Gasteiger charge is 2.69. The maximum Gasteiger partial charge on any atom is 0.310 e. The Hall–Kier alpha value is -1.45. The number of aromatic nitrogens is 2. The number of nitrogens with zero attached hydrogens (tertiary/aromatic N) is 2. The fourth-order valence-electron chi connectivity index (χ4n) is 3.20. The molecule has 0 amide bonds. The lowest BCUT2D eigenvalue weighted by atomic mass is 10.0. The first-order valence-electron chi connectivity index (χ1n) is 7.33. The number of carbonyl (C=O) groups is 1. The van der Waals surface area contributed by atoms with Crippen molar-refractivity contribution < 1.29 is 9.53 Å². The van der Waals surface area contributed by atoms with Gasteiger partial charge in [0.15, 0.2) is 11.9 Å². The second-order valence-corrected chi connectivity index (χ2v) is 7.18. The van der Waals surface area contributed by atoms with Gasteiger partial charge in [0.2, 0.25) is 0 Å². The highest BCUT2D eigenvalue weighted by Crippen LogP contribution is 2.69. The van der Waals surface area contributed by atoms with E-state index in [0.717, 1.165) is 12.8 Å². The van der Waals surface area contributed by atoms with Gasteiger partial charge >= 0.3 is 5.97 Å². The van der Waals surface area contributed by atoms with Crippen molar-refractivity contribution >= 4 is 5.97 Å². The van der Waals surface area contributed by atoms with E-state index in [2.05, 4.69) is 37.7 Å². The predicted molar refractivity (Wildman–Crippen MR) is 74.6 cm³/mol. The Balaban J connectivity index is 1.74. The summed E-state index contributed by atoms with van der Waals surface area (Å²) in [5.41, 5.74) is 0.0193. The molecule has 0 aromatic carbocycles. The molecule has 20 heavy (non-hydrogen) atoms. The summed E-state index contributed by atoms with van der Waals surface area (Å²) in [6.07, 6.45) is 5.32. The lowest BCUT2D eigenvalue weighted by Gasteiger charge is -2.16. The molecule has 0 spiro atoms. The Kier molecular flexibility index (Phi) is 2.89. The van der Waals surface area contributed by atoms with Crippen molar-refractivity contribution in [1.29, 1.82) is 0 Å². The van der Waals surface area contributed by atoms with Gasteiger partial charge in [0.05, 0.1) is 5.92 Å². The molecule has 1 aromatic heterocycles. The van der Waals surface area contributed by atoms with Crippen molar-refractivity contribution in [3.8, 4) is 0 Å². The monoisotopic (exact) mass is 274 g/mol. The highest BCUT2D eigenvalue weighted by atomic mass is 16.5. The van der Waals surface area contributed by atoms with Gasteiger partial charge in [-0.2, -0.15) is 0 Å². The zero-order valence-corrected chi connectivity index (χ0v) is 12.6. The topological polar surface area (TPSA) is 52.1 Å². The first-order valence-corrected chi connectivity index (χ1v) is 7.33.